The van der Waals surface area contributed by atoms with Crippen molar-refractivity contribution in [2.24, 2.45) is 0 Å². The highest BCUT2D eigenvalue weighted by Crippen LogP contribution is 2.27. The minimum Gasteiger partial charge on any atom is -0.396 e. The van der Waals surface area contributed by atoms with Gasteiger partial charge in [0.05, 0.1) is 16.9 Å². The van der Waals surface area contributed by atoms with Gasteiger partial charge in [0, 0.05) is 32.4 Å². The standard InChI is InChI=1S/C16H17N5/c17-12-13-4-3-5-14(16(13)18)20-8-10-21(11-9-20)15-6-1-2-7-19-15/h1-7H,8-11,18H2. The quantitative estimate of drug-likeness (QED) is 0.850. The van der Waals surface area contributed by atoms with Crippen LogP contribution < -0.4 is 15.5 Å². The lowest BCUT2D eigenvalue weighted by Gasteiger charge is -2.37. The van der Waals surface area contributed by atoms with Crippen LogP contribution in [0.25, 0.3) is 0 Å². The largest absolute Gasteiger partial charge is 0.396 e. The SMILES string of the molecule is N#Cc1cccc(N2CCN(c3ccccn3)CC2)c1N. The summed E-state index contributed by atoms with van der Waals surface area (Å²) >= 11 is 0. The van der Waals surface area contributed by atoms with Crippen molar-refractivity contribution in [3.63, 3.8) is 0 Å². The monoisotopic (exact) mass is 279 g/mol. The second kappa shape index (κ2) is 5.71. The van der Waals surface area contributed by atoms with E-state index in [1.54, 1.807) is 6.07 Å². The third-order valence-electron chi connectivity index (χ3n) is 3.80. The lowest BCUT2D eigenvalue weighted by atomic mass is 10.1. The summed E-state index contributed by atoms with van der Waals surface area (Å²) in [6, 6.07) is 13.7. The van der Waals surface area contributed by atoms with E-state index >= 15 is 0 Å². The Hall–Kier alpha value is -2.74. The molecule has 5 heteroatoms. The maximum Gasteiger partial charge on any atom is 0.128 e. The third kappa shape index (κ3) is 2.61. The molecule has 0 radical (unpaired) electrons. The van der Waals surface area contributed by atoms with Gasteiger partial charge in [-0.05, 0) is 24.3 Å². The number of nitrogen functional groups attached to an aromatic ring is 1. The van der Waals surface area contributed by atoms with Gasteiger partial charge >= 0.3 is 0 Å². The van der Waals surface area contributed by atoms with Gasteiger partial charge in [-0.2, -0.15) is 5.26 Å². The zero-order valence-electron chi connectivity index (χ0n) is 11.7. The van der Waals surface area contributed by atoms with Crippen molar-refractivity contribution in [3.8, 4) is 6.07 Å². The Kier molecular flexibility index (Phi) is 3.61. The summed E-state index contributed by atoms with van der Waals surface area (Å²) in [4.78, 5) is 8.88. The minimum absolute atomic E-state index is 0.541. The van der Waals surface area contributed by atoms with Crippen molar-refractivity contribution in [1.29, 1.82) is 5.26 Å². The number of aromatic nitrogens is 1. The second-order valence-corrected chi connectivity index (χ2v) is 5.01. The van der Waals surface area contributed by atoms with Crippen molar-refractivity contribution >= 4 is 17.2 Å². The van der Waals surface area contributed by atoms with Crippen LogP contribution >= 0.6 is 0 Å². The van der Waals surface area contributed by atoms with E-state index in [9.17, 15) is 0 Å². The Morgan fingerprint density at radius 3 is 2.43 bits per heavy atom. The molecule has 1 fully saturated rings. The molecule has 0 atom stereocenters. The molecule has 3 rings (SSSR count). The molecule has 0 saturated carbocycles. The maximum absolute atomic E-state index is 9.07. The molecule has 0 spiro atoms. The van der Waals surface area contributed by atoms with Crippen molar-refractivity contribution in [2.75, 3.05) is 41.7 Å². The van der Waals surface area contributed by atoms with Crippen LogP contribution in [0.1, 0.15) is 5.56 Å². The fourth-order valence-corrected chi connectivity index (χ4v) is 2.64. The number of anilines is 3. The number of benzene rings is 1. The van der Waals surface area contributed by atoms with Crippen molar-refractivity contribution in [1.82, 2.24) is 4.98 Å². The van der Waals surface area contributed by atoms with E-state index in [1.165, 1.54) is 0 Å². The van der Waals surface area contributed by atoms with E-state index in [-0.39, 0.29) is 0 Å². The number of piperazine rings is 1. The van der Waals surface area contributed by atoms with Crippen LogP contribution in [0.2, 0.25) is 0 Å². The number of nitriles is 1. The van der Waals surface area contributed by atoms with Crippen LogP contribution in [0.4, 0.5) is 17.2 Å². The Balaban J connectivity index is 1.73. The molecule has 0 bridgehead atoms. The highest BCUT2D eigenvalue weighted by atomic mass is 15.3. The van der Waals surface area contributed by atoms with Gasteiger partial charge in [-0.15, -0.1) is 0 Å². The van der Waals surface area contributed by atoms with Crippen LogP contribution in [0.5, 0.6) is 0 Å². The van der Waals surface area contributed by atoms with Crippen LogP contribution in [-0.2, 0) is 0 Å². The highest BCUT2D eigenvalue weighted by molar-refractivity contribution is 5.74. The summed E-state index contributed by atoms with van der Waals surface area (Å²) in [5.41, 5.74) is 8.15. The first-order chi connectivity index (χ1) is 10.3. The zero-order chi connectivity index (χ0) is 14.7. The molecular weight excluding hydrogens is 262 g/mol. The molecule has 1 aromatic heterocycles. The summed E-state index contributed by atoms with van der Waals surface area (Å²) in [6.07, 6.45) is 1.82. The number of hydrogen-bond acceptors (Lipinski definition) is 5. The van der Waals surface area contributed by atoms with Gasteiger partial charge in [0.2, 0.25) is 0 Å². The topological polar surface area (TPSA) is 69.2 Å². The van der Waals surface area contributed by atoms with Crippen LogP contribution in [0, 0.1) is 11.3 Å². The first-order valence-electron chi connectivity index (χ1n) is 6.99. The Labute approximate surface area is 124 Å². The minimum atomic E-state index is 0.541. The van der Waals surface area contributed by atoms with Crippen LogP contribution in [0.3, 0.4) is 0 Å². The fourth-order valence-electron chi connectivity index (χ4n) is 2.64. The molecule has 2 heterocycles. The highest BCUT2D eigenvalue weighted by Gasteiger charge is 2.20. The molecule has 0 amide bonds. The van der Waals surface area contributed by atoms with Crippen molar-refractivity contribution < 1.29 is 0 Å². The molecule has 2 aromatic rings. The number of pyridine rings is 1. The number of hydrogen-bond donors (Lipinski definition) is 1. The van der Waals surface area contributed by atoms with Crippen molar-refractivity contribution in [2.45, 2.75) is 0 Å². The first kappa shape index (κ1) is 13.3. The van der Waals surface area contributed by atoms with Crippen LogP contribution in [0.15, 0.2) is 42.6 Å². The predicted octanol–water partition coefficient (Wildman–Crippen LogP) is 1.86. The summed E-state index contributed by atoms with van der Waals surface area (Å²) < 4.78 is 0. The predicted molar refractivity (Wildman–Crippen MR) is 84.2 cm³/mol. The summed E-state index contributed by atoms with van der Waals surface area (Å²) in [7, 11) is 0. The van der Waals surface area contributed by atoms with Gasteiger partial charge < -0.3 is 15.5 Å². The molecule has 1 aliphatic rings. The van der Waals surface area contributed by atoms with E-state index in [1.807, 2.05) is 36.5 Å². The maximum atomic E-state index is 9.07. The van der Waals surface area contributed by atoms with E-state index in [4.69, 9.17) is 11.0 Å². The summed E-state index contributed by atoms with van der Waals surface area (Å²) in [5.74, 6) is 1.01. The number of rotatable bonds is 2. The van der Waals surface area contributed by atoms with E-state index in [0.717, 1.165) is 37.7 Å². The number of nitrogens with zero attached hydrogens (tertiary/aromatic N) is 4. The molecule has 5 nitrogen and oxygen atoms in total. The molecule has 2 N–H and O–H groups in total. The Morgan fingerprint density at radius 1 is 1.00 bits per heavy atom. The average Bonchev–Trinajstić information content (AvgIpc) is 2.56. The van der Waals surface area contributed by atoms with Gasteiger partial charge in [-0.1, -0.05) is 12.1 Å². The molecular formula is C16H17N5. The number of nitrogens with two attached hydrogens (primary N) is 1. The third-order valence-corrected chi connectivity index (χ3v) is 3.80. The fraction of sp³-hybridized carbons (Fsp3) is 0.250. The molecule has 0 aliphatic carbocycles. The summed E-state index contributed by atoms with van der Waals surface area (Å²) in [5, 5.41) is 9.07. The van der Waals surface area contributed by atoms with E-state index < -0.39 is 0 Å². The normalized spacial score (nSPS) is 14.8. The lowest BCUT2D eigenvalue weighted by Crippen LogP contribution is -2.47. The Bertz CT molecular complexity index is 654. The molecule has 0 unspecified atom stereocenters. The van der Waals surface area contributed by atoms with Gasteiger partial charge in [0.15, 0.2) is 0 Å². The molecule has 1 aliphatic heterocycles. The second-order valence-electron chi connectivity index (χ2n) is 5.01. The summed E-state index contributed by atoms with van der Waals surface area (Å²) in [6.45, 7) is 3.53. The van der Waals surface area contributed by atoms with E-state index in [0.29, 0.717) is 11.3 Å². The molecule has 1 saturated heterocycles. The van der Waals surface area contributed by atoms with Gasteiger partial charge in [0.25, 0.3) is 0 Å². The lowest BCUT2D eigenvalue weighted by molar-refractivity contribution is 0.648. The smallest absolute Gasteiger partial charge is 0.128 e. The van der Waals surface area contributed by atoms with Gasteiger partial charge in [0.1, 0.15) is 11.9 Å². The van der Waals surface area contributed by atoms with Gasteiger partial charge in [-0.3, -0.25) is 0 Å². The van der Waals surface area contributed by atoms with Gasteiger partial charge in [-0.25, -0.2) is 4.98 Å². The molecule has 1 aromatic carbocycles. The molecule has 21 heavy (non-hydrogen) atoms. The van der Waals surface area contributed by atoms with E-state index in [2.05, 4.69) is 20.9 Å². The van der Waals surface area contributed by atoms with Crippen molar-refractivity contribution in [3.05, 3.63) is 48.2 Å². The number of para-hydroxylation sites is 1. The zero-order valence-corrected chi connectivity index (χ0v) is 11.7. The van der Waals surface area contributed by atoms with Crippen LogP contribution in [-0.4, -0.2) is 31.2 Å². The first-order valence-corrected chi connectivity index (χ1v) is 6.99. The Morgan fingerprint density at radius 2 is 1.76 bits per heavy atom. The molecule has 106 valence electrons. The average molecular weight is 279 g/mol.